The van der Waals surface area contributed by atoms with Crippen molar-refractivity contribution in [1.82, 2.24) is 0 Å². The van der Waals surface area contributed by atoms with Crippen LogP contribution < -0.4 is 0 Å². The van der Waals surface area contributed by atoms with E-state index in [4.69, 9.17) is 4.74 Å². The van der Waals surface area contributed by atoms with Crippen LogP contribution >= 0.6 is 0 Å². The fourth-order valence-corrected chi connectivity index (χ4v) is 1.73. The molecule has 0 spiro atoms. The molecule has 0 bridgehead atoms. The van der Waals surface area contributed by atoms with Crippen LogP contribution in [0, 0.1) is 6.92 Å². The monoisotopic (exact) mass is 219 g/mol. The van der Waals surface area contributed by atoms with Crippen molar-refractivity contribution in [1.29, 1.82) is 0 Å². The van der Waals surface area contributed by atoms with E-state index in [1.165, 1.54) is 5.56 Å². The van der Waals surface area contributed by atoms with E-state index in [2.05, 4.69) is 19.1 Å². The van der Waals surface area contributed by atoms with E-state index in [1.807, 2.05) is 25.1 Å². The van der Waals surface area contributed by atoms with E-state index >= 15 is 0 Å². The minimum Gasteiger partial charge on any atom is -0.466 e. The van der Waals surface area contributed by atoms with Crippen molar-refractivity contribution in [3.8, 4) is 0 Å². The molecule has 0 amide bonds. The fraction of sp³-hybridized carbons (Fsp3) is 0.429. The van der Waals surface area contributed by atoms with Crippen molar-refractivity contribution >= 4 is 5.97 Å². The average molecular weight is 219 g/mol. The van der Waals surface area contributed by atoms with Gasteiger partial charge in [-0.1, -0.05) is 37.3 Å². The Bertz CT molecular complexity index is 306. The van der Waals surface area contributed by atoms with Gasteiger partial charge in [0.1, 0.15) is 0 Å². The van der Waals surface area contributed by atoms with Gasteiger partial charge < -0.3 is 4.74 Å². The highest BCUT2D eigenvalue weighted by molar-refractivity contribution is 5.69. The van der Waals surface area contributed by atoms with Crippen LogP contribution in [0.15, 0.2) is 30.3 Å². The molecule has 2 nitrogen and oxygen atoms in total. The second-order valence-electron chi connectivity index (χ2n) is 3.74. The van der Waals surface area contributed by atoms with E-state index in [0.29, 0.717) is 18.9 Å². The van der Waals surface area contributed by atoms with Crippen LogP contribution in [-0.4, -0.2) is 12.6 Å². The second-order valence-corrected chi connectivity index (χ2v) is 3.74. The number of carbonyl (C=O) groups is 1. The molecule has 1 aromatic rings. The highest BCUT2D eigenvalue weighted by atomic mass is 16.5. The molecule has 0 aliphatic heterocycles. The number of rotatable bonds is 6. The van der Waals surface area contributed by atoms with Crippen LogP contribution in [-0.2, 0) is 9.53 Å². The molecule has 1 aromatic carbocycles. The molecule has 2 heteroatoms. The minimum absolute atomic E-state index is 0.114. The molecule has 0 aromatic heterocycles. The Morgan fingerprint density at radius 3 is 2.62 bits per heavy atom. The van der Waals surface area contributed by atoms with Gasteiger partial charge in [-0.3, -0.25) is 4.79 Å². The Labute approximate surface area is 97.6 Å². The summed E-state index contributed by atoms with van der Waals surface area (Å²) in [7, 11) is 0. The van der Waals surface area contributed by atoms with Crippen molar-refractivity contribution in [2.75, 3.05) is 6.61 Å². The first kappa shape index (κ1) is 12.8. The first-order valence-corrected chi connectivity index (χ1v) is 5.77. The van der Waals surface area contributed by atoms with Crippen LogP contribution in [0.2, 0.25) is 0 Å². The van der Waals surface area contributed by atoms with Gasteiger partial charge in [0.2, 0.25) is 0 Å². The van der Waals surface area contributed by atoms with Gasteiger partial charge in [0.25, 0.3) is 0 Å². The van der Waals surface area contributed by atoms with Gasteiger partial charge in [0, 0.05) is 6.42 Å². The third-order valence-electron chi connectivity index (χ3n) is 2.62. The highest BCUT2D eigenvalue weighted by Crippen LogP contribution is 2.24. The van der Waals surface area contributed by atoms with Gasteiger partial charge >= 0.3 is 5.97 Å². The fourth-order valence-electron chi connectivity index (χ4n) is 1.73. The Hall–Kier alpha value is -1.31. The molecule has 0 heterocycles. The molecular weight excluding hydrogens is 200 g/mol. The van der Waals surface area contributed by atoms with Crippen molar-refractivity contribution in [2.24, 2.45) is 0 Å². The summed E-state index contributed by atoms with van der Waals surface area (Å²) >= 11 is 0. The van der Waals surface area contributed by atoms with Crippen molar-refractivity contribution in [3.63, 3.8) is 0 Å². The SMILES string of the molecule is [CH2]CC(CCC(=O)OCC)c1ccccc1. The van der Waals surface area contributed by atoms with E-state index < -0.39 is 0 Å². The van der Waals surface area contributed by atoms with Crippen LogP contribution in [0.3, 0.4) is 0 Å². The molecule has 0 aliphatic rings. The summed E-state index contributed by atoms with van der Waals surface area (Å²) in [5, 5.41) is 0. The number of benzene rings is 1. The molecule has 1 unspecified atom stereocenters. The summed E-state index contributed by atoms with van der Waals surface area (Å²) in [6, 6.07) is 10.2. The highest BCUT2D eigenvalue weighted by Gasteiger charge is 2.11. The number of carbonyl (C=O) groups excluding carboxylic acids is 1. The number of hydrogen-bond donors (Lipinski definition) is 0. The molecule has 87 valence electrons. The number of esters is 1. The molecular formula is C14H19O2. The third kappa shape index (κ3) is 4.05. The lowest BCUT2D eigenvalue weighted by Crippen LogP contribution is -2.07. The van der Waals surface area contributed by atoms with Gasteiger partial charge in [0.15, 0.2) is 0 Å². The quantitative estimate of drug-likeness (QED) is 0.686. The summed E-state index contributed by atoms with van der Waals surface area (Å²) in [4.78, 5) is 11.3. The molecule has 0 aliphatic carbocycles. The minimum atomic E-state index is -0.114. The zero-order valence-electron chi connectivity index (χ0n) is 9.82. The summed E-state index contributed by atoms with van der Waals surface area (Å²) in [6.07, 6.45) is 2.10. The van der Waals surface area contributed by atoms with E-state index in [0.717, 1.165) is 12.8 Å². The van der Waals surface area contributed by atoms with E-state index in [9.17, 15) is 4.79 Å². The Balaban J connectivity index is 2.47. The standard InChI is InChI=1S/C14H19O2/c1-3-12(10-11-14(15)16-4-2)13-8-6-5-7-9-13/h5-9,12H,1,3-4,10-11H2,2H3. The number of hydrogen-bond acceptors (Lipinski definition) is 2. The molecule has 1 radical (unpaired) electrons. The van der Waals surface area contributed by atoms with Gasteiger partial charge in [-0.05, 0) is 31.2 Å². The predicted octanol–water partition coefficient (Wildman–Crippen LogP) is 3.34. The largest absolute Gasteiger partial charge is 0.466 e. The van der Waals surface area contributed by atoms with Crippen LogP contribution in [0.4, 0.5) is 0 Å². The molecule has 16 heavy (non-hydrogen) atoms. The zero-order chi connectivity index (χ0) is 11.8. The second kappa shape index (κ2) is 7.04. The van der Waals surface area contributed by atoms with Crippen LogP contribution in [0.5, 0.6) is 0 Å². The normalized spacial score (nSPS) is 12.1. The average Bonchev–Trinajstić information content (AvgIpc) is 2.31. The van der Waals surface area contributed by atoms with Crippen molar-refractivity contribution < 1.29 is 9.53 Å². The van der Waals surface area contributed by atoms with Gasteiger partial charge in [0.05, 0.1) is 6.61 Å². The lowest BCUT2D eigenvalue weighted by molar-refractivity contribution is -0.143. The molecule has 0 N–H and O–H groups in total. The smallest absolute Gasteiger partial charge is 0.305 e. The maximum Gasteiger partial charge on any atom is 0.305 e. The molecule has 0 saturated carbocycles. The molecule has 1 atom stereocenters. The summed E-state index contributed by atoms with van der Waals surface area (Å²) < 4.78 is 4.91. The Kier molecular flexibility index (Phi) is 5.62. The van der Waals surface area contributed by atoms with Gasteiger partial charge in [-0.25, -0.2) is 0 Å². The predicted molar refractivity (Wildman–Crippen MR) is 65.0 cm³/mol. The van der Waals surface area contributed by atoms with Gasteiger partial charge in [-0.15, -0.1) is 0 Å². The lowest BCUT2D eigenvalue weighted by Gasteiger charge is -2.14. The summed E-state index contributed by atoms with van der Waals surface area (Å²) in [5.41, 5.74) is 1.25. The van der Waals surface area contributed by atoms with Crippen LogP contribution in [0.1, 0.15) is 37.7 Å². The topological polar surface area (TPSA) is 26.3 Å². The molecule has 0 saturated heterocycles. The Morgan fingerprint density at radius 2 is 2.06 bits per heavy atom. The summed E-state index contributed by atoms with van der Waals surface area (Å²) in [6.45, 7) is 6.22. The summed E-state index contributed by atoms with van der Waals surface area (Å²) in [5.74, 6) is 0.238. The van der Waals surface area contributed by atoms with Crippen LogP contribution in [0.25, 0.3) is 0 Å². The molecule has 1 rings (SSSR count). The first-order chi connectivity index (χ1) is 7.77. The van der Waals surface area contributed by atoms with E-state index in [1.54, 1.807) is 0 Å². The van der Waals surface area contributed by atoms with Crippen molar-refractivity contribution in [3.05, 3.63) is 42.8 Å². The van der Waals surface area contributed by atoms with E-state index in [-0.39, 0.29) is 5.97 Å². The first-order valence-electron chi connectivity index (χ1n) is 5.77. The maximum absolute atomic E-state index is 11.3. The third-order valence-corrected chi connectivity index (χ3v) is 2.62. The zero-order valence-corrected chi connectivity index (χ0v) is 9.82. The lowest BCUT2D eigenvalue weighted by atomic mass is 9.92. The Morgan fingerprint density at radius 1 is 1.38 bits per heavy atom. The van der Waals surface area contributed by atoms with Gasteiger partial charge in [-0.2, -0.15) is 0 Å². The number of ether oxygens (including phenoxy) is 1. The molecule has 0 fully saturated rings. The van der Waals surface area contributed by atoms with Crippen molar-refractivity contribution in [2.45, 2.75) is 32.1 Å². The maximum atomic E-state index is 11.3.